The van der Waals surface area contributed by atoms with E-state index in [0.717, 1.165) is 6.26 Å². The van der Waals surface area contributed by atoms with E-state index in [0.29, 0.717) is 24.1 Å². The van der Waals surface area contributed by atoms with Crippen molar-refractivity contribution in [2.45, 2.75) is 24.5 Å². The molecule has 0 saturated carbocycles. The van der Waals surface area contributed by atoms with Gasteiger partial charge < -0.3 is 4.42 Å². The Balaban J connectivity index is 0.000000202. The van der Waals surface area contributed by atoms with Gasteiger partial charge in [0.05, 0.1) is 17.1 Å². The molecule has 1 aliphatic heterocycles. The van der Waals surface area contributed by atoms with E-state index in [1.54, 1.807) is 42.6 Å². The number of nitrogens with zero attached hydrogens (tertiary/aromatic N) is 4. The summed E-state index contributed by atoms with van der Waals surface area (Å²) < 4.78 is 80.0. The normalized spacial score (nSPS) is 15.5. The Kier molecular flexibility index (Phi) is 8.28. The second-order valence-electron chi connectivity index (χ2n) is 7.36. The number of sulfonamides is 2. The summed E-state index contributed by atoms with van der Waals surface area (Å²) in [5.41, 5.74) is 1.05. The minimum absolute atomic E-state index is 0.0494. The molecule has 1 aromatic carbocycles. The molecule has 34 heavy (non-hydrogen) atoms. The van der Waals surface area contributed by atoms with Gasteiger partial charge in [-0.3, -0.25) is 9.71 Å². The average molecular weight is 516 g/mol. The van der Waals surface area contributed by atoms with Crippen LogP contribution in [0.5, 0.6) is 0 Å². The lowest BCUT2D eigenvalue weighted by molar-refractivity contribution is 0.116. The first kappa shape index (κ1) is 25.6. The standard InChI is InChI=1S/C12H18N2O4S2.C8H5F2N3O/c1-19(15,16)14-9-7-12(8-10-14)20(17,18)13-11-5-3-2-4-6-11;9-6(10)8-13-12-7(14-8)5-2-1-3-11-4-5/h2-6,12-13H,7-10H2,1H3;1-4,6H. The Bertz CT molecular complexity index is 1260. The molecule has 1 N–H and O–H groups in total. The number of halogens is 2. The highest BCUT2D eigenvalue weighted by atomic mass is 32.2. The highest BCUT2D eigenvalue weighted by Crippen LogP contribution is 2.23. The lowest BCUT2D eigenvalue weighted by Crippen LogP contribution is -2.43. The first-order chi connectivity index (χ1) is 16.1. The Morgan fingerprint density at radius 3 is 2.24 bits per heavy atom. The summed E-state index contributed by atoms with van der Waals surface area (Å²) in [7, 11) is -6.71. The molecule has 1 aliphatic rings. The second-order valence-corrected chi connectivity index (χ2v) is 11.3. The minimum Gasteiger partial charge on any atom is -0.415 e. The third kappa shape index (κ3) is 7.01. The Morgan fingerprint density at radius 2 is 1.71 bits per heavy atom. The summed E-state index contributed by atoms with van der Waals surface area (Å²) in [5.74, 6) is -0.628. The van der Waals surface area contributed by atoms with Crippen LogP contribution in [0.4, 0.5) is 14.5 Å². The molecule has 10 nitrogen and oxygen atoms in total. The molecule has 0 unspecified atom stereocenters. The number of benzene rings is 1. The molecule has 0 radical (unpaired) electrons. The Labute approximate surface area is 196 Å². The van der Waals surface area contributed by atoms with E-state index in [1.807, 2.05) is 6.07 Å². The maximum Gasteiger partial charge on any atom is 0.314 e. The molecule has 3 heterocycles. The number of para-hydroxylation sites is 1. The molecule has 4 rings (SSSR count). The summed E-state index contributed by atoms with van der Waals surface area (Å²) in [4.78, 5) is 3.80. The van der Waals surface area contributed by atoms with Crippen molar-refractivity contribution in [3.05, 3.63) is 60.7 Å². The van der Waals surface area contributed by atoms with Crippen LogP contribution < -0.4 is 4.72 Å². The molecule has 184 valence electrons. The van der Waals surface area contributed by atoms with E-state index in [9.17, 15) is 25.6 Å². The number of nitrogens with one attached hydrogen (secondary N) is 1. The number of hydrogen-bond donors (Lipinski definition) is 1. The second kappa shape index (κ2) is 11.0. The Hall–Kier alpha value is -2.97. The van der Waals surface area contributed by atoms with Gasteiger partial charge >= 0.3 is 6.43 Å². The zero-order valence-corrected chi connectivity index (χ0v) is 19.7. The number of alkyl halides is 2. The number of piperidine rings is 1. The van der Waals surface area contributed by atoms with Crippen LogP contribution >= 0.6 is 0 Å². The van der Waals surface area contributed by atoms with Gasteiger partial charge in [-0.2, -0.15) is 8.78 Å². The molecule has 0 aliphatic carbocycles. The summed E-state index contributed by atoms with van der Waals surface area (Å²) >= 11 is 0. The molecule has 3 aromatic rings. The quantitative estimate of drug-likeness (QED) is 0.529. The van der Waals surface area contributed by atoms with Crippen molar-refractivity contribution in [3.63, 3.8) is 0 Å². The van der Waals surface area contributed by atoms with Gasteiger partial charge in [0.1, 0.15) is 0 Å². The van der Waals surface area contributed by atoms with Crippen LogP contribution in [0.15, 0.2) is 59.3 Å². The predicted octanol–water partition coefficient (Wildman–Crippen LogP) is 2.92. The smallest absolute Gasteiger partial charge is 0.314 e. The van der Waals surface area contributed by atoms with E-state index < -0.39 is 37.6 Å². The molecular weight excluding hydrogens is 492 g/mol. The van der Waals surface area contributed by atoms with Crippen molar-refractivity contribution < 1.29 is 30.0 Å². The maximum atomic E-state index is 12.2. The SMILES string of the molecule is CS(=O)(=O)N1CCC(S(=O)(=O)Nc2ccccc2)CC1.FC(F)c1nnc(-c2cccnc2)o1. The summed E-state index contributed by atoms with van der Waals surface area (Å²) in [6, 6.07) is 12.0. The van der Waals surface area contributed by atoms with Crippen molar-refractivity contribution in [3.8, 4) is 11.5 Å². The Morgan fingerprint density at radius 1 is 1.03 bits per heavy atom. The highest BCUT2D eigenvalue weighted by molar-refractivity contribution is 7.93. The van der Waals surface area contributed by atoms with Gasteiger partial charge in [-0.05, 0) is 37.1 Å². The van der Waals surface area contributed by atoms with E-state index in [4.69, 9.17) is 4.42 Å². The largest absolute Gasteiger partial charge is 0.415 e. The maximum absolute atomic E-state index is 12.2. The van der Waals surface area contributed by atoms with E-state index in [-0.39, 0.29) is 19.0 Å². The molecule has 0 atom stereocenters. The number of pyridine rings is 1. The van der Waals surface area contributed by atoms with Crippen LogP contribution in [0.1, 0.15) is 25.2 Å². The fourth-order valence-electron chi connectivity index (χ4n) is 3.16. The van der Waals surface area contributed by atoms with Crippen LogP contribution in [-0.2, 0) is 20.0 Å². The lowest BCUT2D eigenvalue weighted by Gasteiger charge is -2.30. The van der Waals surface area contributed by atoms with Crippen molar-refractivity contribution >= 4 is 25.7 Å². The zero-order valence-electron chi connectivity index (χ0n) is 18.1. The van der Waals surface area contributed by atoms with Gasteiger partial charge in [-0.1, -0.05) is 18.2 Å². The molecule has 0 amide bonds. The van der Waals surface area contributed by atoms with E-state index in [1.165, 1.54) is 10.5 Å². The molecule has 14 heteroatoms. The van der Waals surface area contributed by atoms with Gasteiger partial charge in [-0.15, -0.1) is 10.2 Å². The molecule has 2 aromatic heterocycles. The van der Waals surface area contributed by atoms with E-state index in [2.05, 4.69) is 19.9 Å². The van der Waals surface area contributed by atoms with Crippen molar-refractivity contribution in [1.82, 2.24) is 19.5 Å². The average Bonchev–Trinajstić information content (AvgIpc) is 3.31. The summed E-state index contributed by atoms with van der Waals surface area (Å²) in [6.07, 6.45) is 2.05. The fraction of sp³-hybridized carbons (Fsp3) is 0.350. The fourth-order valence-corrected chi connectivity index (χ4v) is 5.49. The van der Waals surface area contributed by atoms with Gasteiger partial charge in [-0.25, -0.2) is 21.1 Å². The van der Waals surface area contributed by atoms with Gasteiger partial charge in [0.2, 0.25) is 25.9 Å². The highest BCUT2D eigenvalue weighted by Gasteiger charge is 2.32. The molecular formula is C20H23F2N5O5S2. The van der Waals surface area contributed by atoms with E-state index >= 15 is 0 Å². The predicted molar refractivity (Wildman–Crippen MR) is 121 cm³/mol. The topological polar surface area (TPSA) is 135 Å². The molecule has 1 saturated heterocycles. The minimum atomic E-state index is -3.48. The number of hydrogen-bond acceptors (Lipinski definition) is 8. The van der Waals surface area contributed by atoms with Gasteiger partial charge in [0.25, 0.3) is 5.89 Å². The number of aromatic nitrogens is 3. The number of rotatable bonds is 6. The number of anilines is 1. The van der Waals surface area contributed by atoms with Crippen molar-refractivity contribution in [2.24, 2.45) is 0 Å². The first-order valence-corrected chi connectivity index (χ1v) is 13.5. The van der Waals surface area contributed by atoms with Crippen LogP contribution in [0.2, 0.25) is 0 Å². The molecule has 1 fully saturated rings. The third-order valence-electron chi connectivity index (χ3n) is 4.88. The van der Waals surface area contributed by atoms with Crippen LogP contribution in [0.3, 0.4) is 0 Å². The monoisotopic (exact) mass is 515 g/mol. The lowest BCUT2D eigenvalue weighted by atomic mass is 10.2. The molecule has 0 spiro atoms. The van der Waals surface area contributed by atoms with Crippen LogP contribution in [0, 0.1) is 0 Å². The summed E-state index contributed by atoms with van der Waals surface area (Å²) in [5, 5.41) is 6.11. The third-order valence-corrected chi connectivity index (χ3v) is 8.05. The van der Waals surface area contributed by atoms with Crippen molar-refractivity contribution in [1.29, 1.82) is 0 Å². The van der Waals surface area contributed by atoms with Crippen LogP contribution in [-0.4, -0.2) is 60.9 Å². The zero-order chi connectivity index (χ0) is 24.8. The van der Waals surface area contributed by atoms with Crippen molar-refractivity contribution in [2.75, 3.05) is 24.1 Å². The van der Waals surface area contributed by atoms with Gasteiger partial charge in [0.15, 0.2) is 0 Å². The van der Waals surface area contributed by atoms with Gasteiger partial charge in [0, 0.05) is 31.2 Å². The first-order valence-electron chi connectivity index (χ1n) is 10.1. The van der Waals surface area contributed by atoms with Crippen LogP contribution in [0.25, 0.3) is 11.5 Å². The summed E-state index contributed by atoms with van der Waals surface area (Å²) in [6.45, 7) is 0.498. The molecule has 0 bridgehead atoms.